The van der Waals surface area contributed by atoms with Gasteiger partial charge in [0.1, 0.15) is 17.3 Å². The number of para-hydroxylation sites is 1. The average molecular weight is 378 g/mol. The van der Waals surface area contributed by atoms with Crippen LogP contribution >= 0.6 is 0 Å². The fourth-order valence-electron chi connectivity index (χ4n) is 4.56. The molecule has 0 unspecified atom stereocenters. The van der Waals surface area contributed by atoms with Gasteiger partial charge in [-0.3, -0.25) is 4.90 Å². The van der Waals surface area contributed by atoms with Crippen LogP contribution in [0, 0.1) is 0 Å². The number of aromatic carboxylic acids is 1. The number of piperazine rings is 1. The summed E-state index contributed by atoms with van der Waals surface area (Å²) in [6, 6.07) is 12.2. The SMILES string of the molecule is CN1C[C@@H]2C[C@H]1CN2c1cc(Oc2cccc3cc(C(=O)O)n(C)c23)ccn1. The van der Waals surface area contributed by atoms with E-state index < -0.39 is 5.97 Å². The number of nitrogens with zero attached hydrogens (tertiary/aromatic N) is 4. The molecule has 2 bridgehead atoms. The lowest BCUT2D eigenvalue weighted by Gasteiger charge is -2.32. The van der Waals surface area contributed by atoms with Crippen LogP contribution < -0.4 is 9.64 Å². The number of likely N-dealkylation sites (N-methyl/N-ethyl adjacent to an activating group) is 1. The lowest BCUT2D eigenvalue weighted by atomic mass is 10.2. The summed E-state index contributed by atoms with van der Waals surface area (Å²) < 4.78 is 7.83. The van der Waals surface area contributed by atoms with Crippen LogP contribution in [0.25, 0.3) is 10.9 Å². The van der Waals surface area contributed by atoms with E-state index in [1.807, 2.05) is 30.3 Å². The molecule has 0 aliphatic carbocycles. The number of likely N-dealkylation sites (tertiary alicyclic amines) is 1. The highest BCUT2D eigenvalue weighted by Crippen LogP contribution is 2.36. The zero-order valence-corrected chi connectivity index (χ0v) is 15.9. The smallest absolute Gasteiger partial charge is 0.352 e. The molecule has 3 aromatic rings. The maximum absolute atomic E-state index is 11.5. The maximum atomic E-state index is 11.5. The summed E-state index contributed by atoms with van der Waals surface area (Å²) in [7, 11) is 3.93. The molecule has 0 saturated carbocycles. The minimum absolute atomic E-state index is 0.235. The third-order valence-corrected chi connectivity index (χ3v) is 5.99. The van der Waals surface area contributed by atoms with Crippen molar-refractivity contribution in [3.63, 3.8) is 0 Å². The standard InChI is InChI=1S/C21H22N4O3/c1-23-11-15-9-14(23)12-25(15)19-10-16(6-7-22-19)28-18-5-3-4-13-8-17(21(26)27)24(2)20(13)18/h3-8,10,14-15H,9,11-12H2,1-2H3,(H,26,27)/t14-,15-/m0/s1. The van der Waals surface area contributed by atoms with E-state index in [4.69, 9.17) is 4.74 Å². The summed E-state index contributed by atoms with van der Waals surface area (Å²) in [4.78, 5) is 20.8. The van der Waals surface area contributed by atoms with Gasteiger partial charge in [-0.25, -0.2) is 9.78 Å². The van der Waals surface area contributed by atoms with Gasteiger partial charge >= 0.3 is 5.97 Å². The van der Waals surface area contributed by atoms with Crippen LogP contribution in [-0.2, 0) is 7.05 Å². The van der Waals surface area contributed by atoms with E-state index in [0.717, 1.165) is 29.8 Å². The van der Waals surface area contributed by atoms with Crippen LogP contribution in [0.2, 0.25) is 0 Å². The molecule has 7 heteroatoms. The van der Waals surface area contributed by atoms with Gasteiger partial charge in [-0.2, -0.15) is 0 Å². The van der Waals surface area contributed by atoms with Crippen LogP contribution in [0.15, 0.2) is 42.6 Å². The number of fused-ring (bicyclic) bond motifs is 3. The third kappa shape index (κ3) is 2.62. The van der Waals surface area contributed by atoms with Gasteiger partial charge in [0.25, 0.3) is 0 Å². The zero-order chi connectivity index (χ0) is 19.4. The number of carbonyl (C=O) groups is 1. The molecule has 2 aliphatic heterocycles. The minimum atomic E-state index is -0.954. The predicted molar refractivity (Wildman–Crippen MR) is 106 cm³/mol. The molecule has 2 atom stereocenters. The van der Waals surface area contributed by atoms with Crippen molar-refractivity contribution >= 4 is 22.7 Å². The molecule has 4 heterocycles. The number of carboxylic acids is 1. The first-order chi connectivity index (χ1) is 13.5. The van der Waals surface area contributed by atoms with Gasteiger partial charge in [0.2, 0.25) is 0 Å². The molecule has 2 saturated heterocycles. The van der Waals surface area contributed by atoms with E-state index in [9.17, 15) is 9.90 Å². The number of benzene rings is 1. The number of aromatic nitrogens is 2. The van der Waals surface area contributed by atoms with Crippen molar-refractivity contribution in [1.29, 1.82) is 0 Å². The molecular formula is C21H22N4O3. The molecule has 1 N–H and O–H groups in total. The van der Waals surface area contributed by atoms with Gasteiger partial charge in [0.05, 0.1) is 5.52 Å². The van der Waals surface area contributed by atoms with E-state index >= 15 is 0 Å². The summed E-state index contributed by atoms with van der Waals surface area (Å²) >= 11 is 0. The summed E-state index contributed by atoms with van der Waals surface area (Å²) in [5.74, 6) is 1.31. The molecule has 144 valence electrons. The predicted octanol–water partition coefficient (Wildman–Crippen LogP) is 2.96. The van der Waals surface area contributed by atoms with Gasteiger partial charge in [-0.05, 0) is 31.7 Å². The van der Waals surface area contributed by atoms with Gasteiger partial charge in [-0.15, -0.1) is 0 Å². The Morgan fingerprint density at radius 1 is 1.18 bits per heavy atom. The Bertz CT molecular complexity index is 1070. The van der Waals surface area contributed by atoms with Crippen LogP contribution in [0.3, 0.4) is 0 Å². The monoisotopic (exact) mass is 378 g/mol. The highest BCUT2D eigenvalue weighted by Gasteiger charge is 2.41. The highest BCUT2D eigenvalue weighted by molar-refractivity contribution is 5.96. The van der Waals surface area contributed by atoms with E-state index in [-0.39, 0.29) is 5.69 Å². The van der Waals surface area contributed by atoms with Crippen LogP contribution in [0.1, 0.15) is 16.9 Å². The Morgan fingerprint density at radius 3 is 2.75 bits per heavy atom. The Kier molecular flexibility index (Phi) is 3.80. The second-order valence-corrected chi connectivity index (χ2v) is 7.67. The molecule has 0 spiro atoms. The lowest BCUT2D eigenvalue weighted by Crippen LogP contribution is -2.44. The quantitative estimate of drug-likeness (QED) is 0.753. The van der Waals surface area contributed by atoms with Crippen molar-refractivity contribution in [2.24, 2.45) is 7.05 Å². The van der Waals surface area contributed by atoms with Crippen LogP contribution in [-0.4, -0.2) is 57.7 Å². The fourth-order valence-corrected chi connectivity index (χ4v) is 4.56. The number of hydrogen-bond acceptors (Lipinski definition) is 5. The van der Waals surface area contributed by atoms with Gasteiger partial charge in [0.15, 0.2) is 5.75 Å². The molecule has 2 aromatic heterocycles. The molecule has 7 nitrogen and oxygen atoms in total. The summed E-state index contributed by atoms with van der Waals surface area (Å²) in [5.41, 5.74) is 0.999. The fraction of sp³-hybridized carbons (Fsp3) is 0.333. The van der Waals surface area contributed by atoms with E-state index in [1.54, 1.807) is 23.9 Å². The summed E-state index contributed by atoms with van der Waals surface area (Å²) in [6.45, 7) is 2.06. The van der Waals surface area contributed by atoms with Crippen molar-refractivity contribution in [3.8, 4) is 11.5 Å². The largest absolute Gasteiger partial charge is 0.477 e. The number of anilines is 1. The summed E-state index contributed by atoms with van der Waals surface area (Å²) in [5, 5.41) is 10.2. The van der Waals surface area contributed by atoms with Crippen molar-refractivity contribution in [2.45, 2.75) is 18.5 Å². The Balaban J connectivity index is 1.47. The third-order valence-electron chi connectivity index (χ3n) is 5.99. The molecular weight excluding hydrogens is 356 g/mol. The first kappa shape index (κ1) is 17.1. The first-order valence-electron chi connectivity index (χ1n) is 9.44. The molecule has 2 fully saturated rings. The first-order valence-corrected chi connectivity index (χ1v) is 9.44. The van der Waals surface area contributed by atoms with Crippen LogP contribution in [0.5, 0.6) is 11.5 Å². The molecule has 1 aromatic carbocycles. The Morgan fingerprint density at radius 2 is 2.04 bits per heavy atom. The molecule has 5 rings (SSSR count). The van der Waals surface area contributed by atoms with Crippen molar-refractivity contribution in [1.82, 2.24) is 14.5 Å². The van der Waals surface area contributed by atoms with Gasteiger partial charge in [0, 0.05) is 49.9 Å². The topological polar surface area (TPSA) is 70.8 Å². The summed E-state index contributed by atoms with van der Waals surface area (Å²) in [6.07, 6.45) is 2.96. The number of pyridine rings is 1. The van der Waals surface area contributed by atoms with E-state index in [2.05, 4.69) is 21.8 Å². The van der Waals surface area contributed by atoms with Crippen LogP contribution in [0.4, 0.5) is 5.82 Å². The van der Waals surface area contributed by atoms with Crippen molar-refractivity contribution < 1.29 is 14.6 Å². The molecule has 2 aliphatic rings. The Labute approximate surface area is 162 Å². The number of rotatable bonds is 4. The highest BCUT2D eigenvalue weighted by atomic mass is 16.5. The van der Waals surface area contributed by atoms with Gasteiger partial charge < -0.3 is 19.3 Å². The number of ether oxygens (including phenoxy) is 1. The normalized spacial score (nSPS) is 21.6. The second kappa shape index (κ2) is 6.24. The van der Waals surface area contributed by atoms with Crippen molar-refractivity contribution in [3.05, 3.63) is 48.3 Å². The minimum Gasteiger partial charge on any atom is -0.477 e. The number of hydrogen-bond donors (Lipinski definition) is 1. The lowest BCUT2D eigenvalue weighted by molar-refractivity contribution is 0.0687. The van der Waals surface area contributed by atoms with Crippen molar-refractivity contribution in [2.75, 3.05) is 25.0 Å². The molecule has 0 radical (unpaired) electrons. The molecule has 0 amide bonds. The molecule has 28 heavy (non-hydrogen) atoms. The number of aryl methyl sites for hydroxylation is 1. The van der Waals surface area contributed by atoms with E-state index in [0.29, 0.717) is 23.6 Å². The maximum Gasteiger partial charge on any atom is 0.352 e. The Hall–Kier alpha value is -3.06. The van der Waals surface area contributed by atoms with Gasteiger partial charge in [-0.1, -0.05) is 12.1 Å². The van der Waals surface area contributed by atoms with E-state index in [1.165, 1.54) is 6.42 Å². The average Bonchev–Trinajstić information content (AvgIpc) is 3.34. The number of carboxylic acid groups (broad SMARTS) is 1. The second-order valence-electron chi connectivity index (χ2n) is 7.67. The zero-order valence-electron chi connectivity index (χ0n) is 15.9.